The van der Waals surface area contributed by atoms with Crippen LogP contribution in [-0.2, 0) is 9.84 Å². The lowest BCUT2D eigenvalue weighted by molar-refractivity contribution is 0.598. The van der Waals surface area contributed by atoms with Crippen LogP contribution < -0.4 is 10.2 Å². The fourth-order valence-electron chi connectivity index (χ4n) is 3.78. The van der Waals surface area contributed by atoms with Crippen molar-refractivity contribution < 1.29 is 8.42 Å². The highest BCUT2D eigenvalue weighted by Gasteiger charge is 2.32. The maximum absolute atomic E-state index is 11.8. The van der Waals surface area contributed by atoms with E-state index in [1.165, 1.54) is 38.5 Å². The zero-order valence-electron chi connectivity index (χ0n) is 14.4. The predicted octanol–water partition coefficient (Wildman–Crippen LogP) is 2.62. The molecule has 0 spiro atoms. The van der Waals surface area contributed by atoms with Crippen molar-refractivity contribution in [3.05, 3.63) is 12.3 Å². The van der Waals surface area contributed by atoms with Gasteiger partial charge in [-0.25, -0.2) is 13.4 Å². The lowest BCUT2D eigenvalue weighted by Gasteiger charge is -2.27. The van der Waals surface area contributed by atoms with Gasteiger partial charge in [0.2, 0.25) is 5.95 Å². The third-order valence-electron chi connectivity index (χ3n) is 5.10. The number of nitrogens with zero attached hydrogens (tertiary/aromatic N) is 3. The minimum absolute atomic E-state index is 0.00636. The number of anilines is 2. The van der Waals surface area contributed by atoms with Crippen molar-refractivity contribution in [2.75, 3.05) is 28.3 Å². The SMILES string of the molecule is CCN(c1nccc(NC2CCCCCC2)n1)C1CCS(=O)(=O)C1. The van der Waals surface area contributed by atoms with E-state index in [1.807, 2.05) is 17.9 Å². The monoisotopic (exact) mass is 352 g/mol. The van der Waals surface area contributed by atoms with Crippen LogP contribution in [0.1, 0.15) is 51.9 Å². The molecule has 0 bridgehead atoms. The molecular weight excluding hydrogens is 324 g/mol. The molecule has 1 aliphatic carbocycles. The molecule has 1 unspecified atom stereocenters. The van der Waals surface area contributed by atoms with Crippen LogP contribution in [0.15, 0.2) is 12.3 Å². The Balaban J connectivity index is 1.71. The van der Waals surface area contributed by atoms with E-state index in [0.29, 0.717) is 25.0 Å². The second kappa shape index (κ2) is 7.68. The van der Waals surface area contributed by atoms with E-state index in [2.05, 4.69) is 15.3 Å². The van der Waals surface area contributed by atoms with Crippen molar-refractivity contribution in [1.29, 1.82) is 0 Å². The van der Waals surface area contributed by atoms with E-state index >= 15 is 0 Å². The van der Waals surface area contributed by atoms with Gasteiger partial charge >= 0.3 is 0 Å². The van der Waals surface area contributed by atoms with Crippen molar-refractivity contribution >= 4 is 21.6 Å². The summed E-state index contributed by atoms with van der Waals surface area (Å²) in [4.78, 5) is 11.1. The van der Waals surface area contributed by atoms with E-state index in [0.717, 1.165) is 5.82 Å². The van der Waals surface area contributed by atoms with Gasteiger partial charge in [0.15, 0.2) is 9.84 Å². The van der Waals surface area contributed by atoms with Gasteiger partial charge in [0.1, 0.15) is 5.82 Å². The molecule has 1 aromatic rings. The summed E-state index contributed by atoms with van der Waals surface area (Å²) >= 11 is 0. The number of sulfone groups is 1. The molecule has 7 heteroatoms. The maximum atomic E-state index is 11.8. The van der Waals surface area contributed by atoms with E-state index < -0.39 is 9.84 Å². The zero-order valence-corrected chi connectivity index (χ0v) is 15.3. The number of nitrogens with one attached hydrogen (secondary N) is 1. The van der Waals surface area contributed by atoms with Crippen molar-refractivity contribution in [2.24, 2.45) is 0 Å². The molecule has 6 nitrogen and oxygen atoms in total. The van der Waals surface area contributed by atoms with Crippen molar-refractivity contribution in [3.8, 4) is 0 Å². The van der Waals surface area contributed by atoms with Gasteiger partial charge in [-0.15, -0.1) is 0 Å². The summed E-state index contributed by atoms with van der Waals surface area (Å²) in [7, 11) is -2.91. The first-order chi connectivity index (χ1) is 11.6. The Morgan fingerprint density at radius 2 is 1.96 bits per heavy atom. The highest BCUT2D eigenvalue weighted by Crippen LogP contribution is 2.24. The standard InChI is InChI=1S/C17H28N4O2S/c1-2-21(15-10-12-24(22,23)13-15)17-18-11-9-16(20-17)19-14-7-5-3-4-6-8-14/h9,11,14-15H,2-8,10,12-13H2,1H3,(H,18,19,20). The van der Waals surface area contributed by atoms with Crippen molar-refractivity contribution in [2.45, 2.75) is 64.0 Å². The third kappa shape index (κ3) is 4.37. The van der Waals surface area contributed by atoms with E-state index in [4.69, 9.17) is 0 Å². The normalized spacial score (nSPS) is 24.5. The first-order valence-corrected chi connectivity index (χ1v) is 11.0. The molecule has 24 heavy (non-hydrogen) atoms. The molecule has 1 aliphatic heterocycles. The Hall–Kier alpha value is -1.37. The highest BCUT2D eigenvalue weighted by molar-refractivity contribution is 7.91. The number of rotatable bonds is 5. The van der Waals surface area contributed by atoms with Gasteiger partial charge < -0.3 is 10.2 Å². The Morgan fingerprint density at radius 1 is 1.21 bits per heavy atom. The zero-order chi connectivity index (χ0) is 17.0. The van der Waals surface area contributed by atoms with Crippen LogP contribution in [0.25, 0.3) is 0 Å². The van der Waals surface area contributed by atoms with Crippen molar-refractivity contribution in [3.63, 3.8) is 0 Å². The summed E-state index contributed by atoms with van der Waals surface area (Å²) in [6.45, 7) is 2.74. The van der Waals surface area contributed by atoms with E-state index in [1.54, 1.807) is 6.20 Å². The van der Waals surface area contributed by atoms with Crippen LogP contribution in [0.4, 0.5) is 11.8 Å². The quantitative estimate of drug-likeness (QED) is 0.821. The van der Waals surface area contributed by atoms with Gasteiger partial charge in [-0.2, -0.15) is 4.98 Å². The maximum Gasteiger partial charge on any atom is 0.227 e. The molecule has 2 fully saturated rings. The molecule has 134 valence electrons. The fourth-order valence-corrected chi connectivity index (χ4v) is 5.51. The molecule has 0 radical (unpaired) electrons. The number of hydrogen-bond acceptors (Lipinski definition) is 6. The Bertz CT molecular complexity index is 642. The Kier molecular flexibility index (Phi) is 5.58. The molecular formula is C17H28N4O2S. The van der Waals surface area contributed by atoms with Crippen LogP contribution in [-0.4, -0.2) is 48.5 Å². The molecule has 1 N–H and O–H groups in total. The second-order valence-corrected chi connectivity index (χ2v) is 9.15. The average Bonchev–Trinajstić information content (AvgIpc) is 2.75. The topological polar surface area (TPSA) is 75.2 Å². The molecule has 3 rings (SSSR count). The molecule has 1 saturated heterocycles. The minimum Gasteiger partial charge on any atom is -0.367 e. The Morgan fingerprint density at radius 3 is 2.58 bits per heavy atom. The molecule has 2 heterocycles. The van der Waals surface area contributed by atoms with Gasteiger partial charge in [0.05, 0.1) is 11.5 Å². The van der Waals surface area contributed by atoms with E-state index in [9.17, 15) is 8.42 Å². The van der Waals surface area contributed by atoms with Crippen LogP contribution >= 0.6 is 0 Å². The summed E-state index contributed by atoms with van der Waals surface area (Å²) in [5.74, 6) is 1.97. The third-order valence-corrected chi connectivity index (χ3v) is 6.85. The second-order valence-electron chi connectivity index (χ2n) is 6.92. The molecule has 1 saturated carbocycles. The summed E-state index contributed by atoms with van der Waals surface area (Å²) < 4.78 is 23.5. The number of hydrogen-bond donors (Lipinski definition) is 1. The molecule has 0 aromatic carbocycles. The first-order valence-electron chi connectivity index (χ1n) is 9.14. The molecule has 2 aliphatic rings. The van der Waals surface area contributed by atoms with Crippen LogP contribution in [0.2, 0.25) is 0 Å². The van der Waals surface area contributed by atoms with Gasteiger partial charge in [0, 0.05) is 24.8 Å². The van der Waals surface area contributed by atoms with Gasteiger partial charge in [-0.05, 0) is 32.3 Å². The Labute approximate surface area is 145 Å². The van der Waals surface area contributed by atoms with Crippen LogP contribution in [0.3, 0.4) is 0 Å². The lowest BCUT2D eigenvalue weighted by atomic mass is 10.1. The van der Waals surface area contributed by atoms with Gasteiger partial charge in [-0.3, -0.25) is 0 Å². The predicted molar refractivity (Wildman–Crippen MR) is 97.2 cm³/mol. The van der Waals surface area contributed by atoms with Crippen molar-refractivity contribution in [1.82, 2.24) is 9.97 Å². The van der Waals surface area contributed by atoms with Gasteiger partial charge in [-0.1, -0.05) is 25.7 Å². The van der Waals surface area contributed by atoms with E-state index in [-0.39, 0.29) is 17.5 Å². The highest BCUT2D eigenvalue weighted by atomic mass is 32.2. The largest absolute Gasteiger partial charge is 0.367 e. The molecule has 0 amide bonds. The summed E-state index contributed by atoms with van der Waals surface area (Å²) in [5.41, 5.74) is 0. The number of aromatic nitrogens is 2. The van der Waals surface area contributed by atoms with Crippen LogP contribution in [0.5, 0.6) is 0 Å². The minimum atomic E-state index is -2.91. The van der Waals surface area contributed by atoms with Crippen LogP contribution in [0, 0.1) is 0 Å². The summed E-state index contributed by atoms with van der Waals surface area (Å²) in [6.07, 6.45) is 10.0. The summed E-state index contributed by atoms with van der Waals surface area (Å²) in [5, 5.41) is 3.55. The fraction of sp³-hybridized carbons (Fsp3) is 0.765. The molecule has 1 aromatic heterocycles. The molecule has 1 atom stereocenters. The average molecular weight is 353 g/mol. The summed E-state index contributed by atoms with van der Waals surface area (Å²) in [6, 6.07) is 2.39. The smallest absolute Gasteiger partial charge is 0.227 e. The van der Waals surface area contributed by atoms with Gasteiger partial charge in [0.25, 0.3) is 0 Å². The lowest BCUT2D eigenvalue weighted by Crippen LogP contribution is -2.37. The first kappa shape index (κ1) is 17.5.